The Morgan fingerprint density at radius 3 is 2.74 bits per heavy atom. The Balaban J connectivity index is 1.45. The maximum Gasteiger partial charge on any atom is 0.257 e. The number of nitrogens with one attached hydrogen (secondary N) is 2. The van der Waals surface area contributed by atoms with Crippen molar-refractivity contribution in [1.29, 1.82) is 0 Å². The summed E-state index contributed by atoms with van der Waals surface area (Å²) in [6.07, 6.45) is 0. The van der Waals surface area contributed by atoms with Crippen LogP contribution in [-0.4, -0.2) is 46.1 Å². The van der Waals surface area contributed by atoms with Crippen LogP contribution in [0.15, 0.2) is 42.5 Å². The van der Waals surface area contributed by atoms with Crippen molar-refractivity contribution in [2.75, 3.05) is 36.5 Å². The van der Waals surface area contributed by atoms with Gasteiger partial charge in [0.25, 0.3) is 5.91 Å². The van der Waals surface area contributed by atoms with E-state index >= 15 is 0 Å². The van der Waals surface area contributed by atoms with Gasteiger partial charge in [-0.2, -0.15) is 8.75 Å². The van der Waals surface area contributed by atoms with E-state index in [9.17, 15) is 4.79 Å². The van der Waals surface area contributed by atoms with Gasteiger partial charge in [-0.25, -0.2) is 0 Å². The number of ether oxygens (including phenoxy) is 1. The minimum Gasteiger partial charge on any atom is -0.378 e. The molecule has 1 amide bonds. The molecule has 138 valence electrons. The number of thiocarbonyl (C=S) groups is 1. The average Bonchev–Trinajstić information content (AvgIpc) is 3.17. The molecule has 9 heteroatoms. The normalized spacial score (nSPS) is 14.1. The van der Waals surface area contributed by atoms with Crippen molar-refractivity contribution in [3.63, 3.8) is 0 Å². The first kappa shape index (κ1) is 17.8. The number of benzene rings is 2. The van der Waals surface area contributed by atoms with E-state index in [2.05, 4.69) is 24.3 Å². The van der Waals surface area contributed by atoms with Crippen molar-refractivity contribution in [1.82, 2.24) is 14.1 Å². The molecule has 3 aromatic rings. The number of nitrogens with zero attached hydrogens (tertiary/aromatic N) is 3. The molecule has 4 rings (SSSR count). The number of morpholine rings is 1. The minimum absolute atomic E-state index is 0.247. The number of hydrogen-bond donors (Lipinski definition) is 2. The highest BCUT2D eigenvalue weighted by molar-refractivity contribution is 7.80. The van der Waals surface area contributed by atoms with Crippen molar-refractivity contribution in [3.8, 4) is 0 Å². The molecule has 27 heavy (non-hydrogen) atoms. The number of hydrogen-bond acceptors (Lipinski definition) is 7. The largest absolute Gasteiger partial charge is 0.378 e. The van der Waals surface area contributed by atoms with E-state index in [0.29, 0.717) is 24.3 Å². The summed E-state index contributed by atoms with van der Waals surface area (Å²) in [5.41, 5.74) is 3.85. The van der Waals surface area contributed by atoms with E-state index in [-0.39, 0.29) is 11.0 Å². The third kappa shape index (κ3) is 4.05. The molecule has 0 aliphatic carbocycles. The molecule has 1 saturated heterocycles. The van der Waals surface area contributed by atoms with E-state index in [1.165, 1.54) is 0 Å². The van der Waals surface area contributed by atoms with Crippen LogP contribution in [0.3, 0.4) is 0 Å². The fourth-order valence-electron chi connectivity index (χ4n) is 2.91. The summed E-state index contributed by atoms with van der Waals surface area (Å²) >= 11 is 6.46. The van der Waals surface area contributed by atoms with Crippen molar-refractivity contribution in [3.05, 3.63) is 48.0 Å². The standard InChI is InChI=1S/C18H17N5O2S2/c24-17(12-5-6-13-15(11-12)22-27-21-13)20-18(26)19-14-3-1-2-4-16(14)23-7-9-25-10-8-23/h1-6,11H,7-10H2,(H2,19,20,24,26). The van der Waals surface area contributed by atoms with E-state index in [0.717, 1.165) is 41.7 Å². The molecule has 2 N–H and O–H groups in total. The van der Waals surface area contributed by atoms with E-state index in [1.807, 2.05) is 24.3 Å². The summed E-state index contributed by atoms with van der Waals surface area (Å²) < 4.78 is 13.7. The van der Waals surface area contributed by atoms with Gasteiger partial charge >= 0.3 is 0 Å². The summed E-state index contributed by atoms with van der Waals surface area (Å²) in [6, 6.07) is 13.1. The minimum atomic E-state index is -0.286. The Hall–Kier alpha value is -2.62. The first-order chi connectivity index (χ1) is 13.2. The molecule has 1 aliphatic rings. The Labute approximate surface area is 165 Å². The van der Waals surface area contributed by atoms with Crippen molar-refractivity contribution in [2.45, 2.75) is 0 Å². The zero-order valence-corrected chi connectivity index (χ0v) is 16.0. The van der Waals surface area contributed by atoms with Gasteiger partial charge in [0.2, 0.25) is 0 Å². The number of anilines is 2. The molecule has 0 spiro atoms. The zero-order valence-electron chi connectivity index (χ0n) is 14.3. The molecule has 0 radical (unpaired) electrons. The van der Waals surface area contributed by atoms with Gasteiger partial charge in [-0.15, -0.1) is 0 Å². The molecule has 2 aromatic carbocycles. The first-order valence-electron chi connectivity index (χ1n) is 8.47. The van der Waals surface area contributed by atoms with Gasteiger partial charge in [-0.1, -0.05) is 12.1 Å². The molecule has 1 fully saturated rings. The van der Waals surface area contributed by atoms with Crippen LogP contribution >= 0.6 is 23.9 Å². The van der Waals surface area contributed by atoms with Crippen LogP contribution in [0, 0.1) is 0 Å². The lowest BCUT2D eigenvalue weighted by Crippen LogP contribution is -2.38. The van der Waals surface area contributed by atoms with Gasteiger partial charge in [0, 0.05) is 18.7 Å². The zero-order chi connectivity index (χ0) is 18.6. The monoisotopic (exact) mass is 399 g/mol. The predicted octanol–water partition coefficient (Wildman–Crippen LogP) is 2.65. The van der Waals surface area contributed by atoms with Gasteiger partial charge in [0.05, 0.1) is 36.3 Å². The highest BCUT2D eigenvalue weighted by Gasteiger charge is 2.16. The van der Waals surface area contributed by atoms with Gasteiger partial charge in [-0.05, 0) is 42.5 Å². The second-order valence-electron chi connectivity index (χ2n) is 5.99. The number of amides is 1. The van der Waals surface area contributed by atoms with Crippen LogP contribution in [0.5, 0.6) is 0 Å². The van der Waals surface area contributed by atoms with E-state index < -0.39 is 0 Å². The lowest BCUT2D eigenvalue weighted by molar-refractivity contribution is 0.0978. The second-order valence-corrected chi connectivity index (χ2v) is 6.93. The Morgan fingerprint density at radius 2 is 1.89 bits per heavy atom. The van der Waals surface area contributed by atoms with Crippen LogP contribution in [0.2, 0.25) is 0 Å². The average molecular weight is 400 g/mol. The third-order valence-electron chi connectivity index (χ3n) is 4.25. The smallest absolute Gasteiger partial charge is 0.257 e. The van der Waals surface area contributed by atoms with Crippen LogP contribution < -0.4 is 15.5 Å². The number of carbonyl (C=O) groups excluding carboxylic acids is 1. The molecule has 0 unspecified atom stereocenters. The van der Waals surface area contributed by atoms with Gasteiger partial charge < -0.3 is 15.0 Å². The predicted molar refractivity (Wildman–Crippen MR) is 111 cm³/mol. The summed E-state index contributed by atoms with van der Waals surface area (Å²) in [4.78, 5) is 14.7. The summed E-state index contributed by atoms with van der Waals surface area (Å²) in [5.74, 6) is -0.286. The topological polar surface area (TPSA) is 79.4 Å². The number of fused-ring (bicyclic) bond motifs is 1. The number of para-hydroxylation sites is 2. The van der Waals surface area contributed by atoms with E-state index in [4.69, 9.17) is 17.0 Å². The van der Waals surface area contributed by atoms with Gasteiger partial charge in [0.15, 0.2) is 5.11 Å². The fraction of sp³-hybridized carbons (Fsp3) is 0.222. The summed E-state index contributed by atoms with van der Waals surface area (Å²) in [6.45, 7) is 3.03. The Morgan fingerprint density at radius 1 is 1.11 bits per heavy atom. The quantitative estimate of drug-likeness (QED) is 0.656. The molecule has 1 aromatic heterocycles. The Bertz CT molecular complexity index is 985. The highest BCUT2D eigenvalue weighted by Crippen LogP contribution is 2.26. The van der Waals surface area contributed by atoms with Crippen LogP contribution in [-0.2, 0) is 4.74 Å². The molecular formula is C18H17N5O2S2. The molecule has 0 atom stereocenters. The SMILES string of the molecule is O=C(NC(=S)Nc1ccccc1N1CCOCC1)c1ccc2nsnc2c1. The van der Waals surface area contributed by atoms with Crippen molar-refractivity contribution >= 4 is 57.4 Å². The third-order valence-corrected chi connectivity index (χ3v) is 5.01. The summed E-state index contributed by atoms with van der Waals surface area (Å²) in [7, 11) is 0. The number of rotatable bonds is 3. The van der Waals surface area contributed by atoms with Crippen molar-refractivity contribution < 1.29 is 9.53 Å². The number of carbonyl (C=O) groups is 1. The van der Waals surface area contributed by atoms with Gasteiger partial charge in [0.1, 0.15) is 11.0 Å². The first-order valence-corrected chi connectivity index (χ1v) is 9.61. The molecule has 0 saturated carbocycles. The van der Waals surface area contributed by atoms with Crippen molar-refractivity contribution in [2.24, 2.45) is 0 Å². The Kier molecular flexibility index (Phi) is 5.23. The molecule has 0 bridgehead atoms. The number of aromatic nitrogens is 2. The lowest BCUT2D eigenvalue weighted by Gasteiger charge is -2.30. The molecular weight excluding hydrogens is 382 g/mol. The van der Waals surface area contributed by atoms with Gasteiger partial charge in [-0.3, -0.25) is 10.1 Å². The van der Waals surface area contributed by atoms with Crippen LogP contribution in [0.1, 0.15) is 10.4 Å². The molecule has 2 heterocycles. The highest BCUT2D eigenvalue weighted by atomic mass is 32.1. The van der Waals surface area contributed by atoms with Crippen LogP contribution in [0.4, 0.5) is 11.4 Å². The maximum absolute atomic E-state index is 12.5. The maximum atomic E-state index is 12.5. The van der Waals surface area contributed by atoms with Crippen LogP contribution in [0.25, 0.3) is 11.0 Å². The van der Waals surface area contributed by atoms with E-state index in [1.54, 1.807) is 18.2 Å². The second kappa shape index (κ2) is 7.95. The fourth-order valence-corrected chi connectivity index (χ4v) is 3.63. The molecule has 1 aliphatic heterocycles. The molecule has 7 nitrogen and oxygen atoms in total. The summed E-state index contributed by atoms with van der Waals surface area (Å²) in [5, 5.41) is 6.10. The lowest BCUT2D eigenvalue weighted by atomic mass is 10.2.